The Kier molecular flexibility index (Phi) is 38.0. The minimum absolute atomic E-state index is 0.0124. The summed E-state index contributed by atoms with van der Waals surface area (Å²) >= 11 is 12.1. The number of carboxylic acids is 1. The molecule has 12 aromatic rings. The van der Waals surface area contributed by atoms with Crippen LogP contribution in [0.1, 0.15) is 156 Å². The summed E-state index contributed by atoms with van der Waals surface area (Å²) in [5.74, 6) is 6.33. The molecule has 10 N–H and O–H groups in total. The fourth-order valence-corrected chi connectivity index (χ4v) is 17.9. The van der Waals surface area contributed by atoms with Crippen LogP contribution in [0.25, 0.3) is 41.8 Å². The lowest BCUT2D eigenvalue weighted by atomic mass is 10.0. The van der Waals surface area contributed by atoms with Gasteiger partial charge >= 0.3 is 24.1 Å². The molecule has 0 bridgehead atoms. The summed E-state index contributed by atoms with van der Waals surface area (Å²) < 4.78 is 15.6. The summed E-state index contributed by atoms with van der Waals surface area (Å²) in [4.78, 5) is 150. The number of pyridine rings is 4. The number of nitrogens with two attached hydrogens (primary N) is 1. The van der Waals surface area contributed by atoms with Gasteiger partial charge < -0.3 is 77.0 Å². The first-order chi connectivity index (χ1) is 66.1. The molecule has 7 atom stereocenters. The van der Waals surface area contributed by atoms with Crippen LogP contribution < -0.4 is 52.8 Å². The number of carbonyl (C=O) groups is 6. The number of esters is 1. The topological polar surface area (TPSA) is 480 Å². The molecule has 139 heavy (non-hydrogen) atoms. The van der Waals surface area contributed by atoms with Crippen molar-refractivity contribution >= 4 is 148 Å². The summed E-state index contributed by atoms with van der Waals surface area (Å²) in [6, 6.07) is 22.0. The number of likely N-dealkylation sites (N-methyl/N-ethyl adjacent to an activating group) is 2. The number of aromatic nitrogens is 16. The van der Waals surface area contributed by atoms with E-state index in [4.69, 9.17) is 36.7 Å². The van der Waals surface area contributed by atoms with Crippen LogP contribution in [0.15, 0.2) is 160 Å². The maximum atomic E-state index is 12.6. The lowest BCUT2D eigenvalue weighted by Gasteiger charge is -2.26. The third-order valence-electron chi connectivity index (χ3n) is 21.3. The highest BCUT2D eigenvalue weighted by molar-refractivity contribution is 7.20. The second kappa shape index (κ2) is 49.8. The lowest BCUT2D eigenvalue weighted by Crippen LogP contribution is -2.48. The highest BCUT2D eigenvalue weighted by Crippen LogP contribution is 2.39. The van der Waals surface area contributed by atoms with Gasteiger partial charge in [0.25, 0.3) is 0 Å². The van der Waals surface area contributed by atoms with Gasteiger partial charge in [-0.15, -0.1) is 0 Å². The molecule has 16 rings (SSSR count). The van der Waals surface area contributed by atoms with E-state index in [0.717, 1.165) is 167 Å². The van der Waals surface area contributed by atoms with E-state index in [0.29, 0.717) is 59.0 Å². The Morgan fingerprint density at radius 3 is 1.35 bits per heavy atom. The van der Waals surface area contributed by atoms with Crippen LogP contribution >= 0.6 is 56.9 Å². The van der Waals surface area contributed by atoms with Crippen molar-refractivity contribution < 1.29 is 48.1 Å². The molecule has 12 aromatic heterocycles. The first-order valence-electron chi connectivity index (χ1n) is 45.3. The predicted molar refractivity (Wildman–Crippen MR) is 545 cm³/mol. The van der Waals surface area contributed by atoms with E-state index in [1.165, 1.54) is 36.3 Å². The molecule has 43 heteroatoms. The van der Waals surface area contributed by atoms with Crippen molar-refractivity contribution in [3.05, 3.63) is 194 Å². The molecule has 1 unspecified atom stereocenters. The molecule has 1 saturated carbocycles. The maximum Gasteiger partial charge on any atom is 0.410 e. The Bertz CT molecular complexity index is 6040. The molecule has 0 radical (unpaired) electrons. The first-order valence-corrected chi connectivity index (χ1v) is 48.9. The number of thiazole rings is 4. The van der Waals surface area contributed by atoms with Gasteiger partial charge in [0.05, 0.1) is 25.6 Å². The highest BCUT2D eigenvalue weighted by Gasteiger charge is 2.34. The number of amides is 4. The van der Waals surface area contributed by atoms with E-state index in [1.807, 2.05) is 154 Å². The SMILES string of the molecule is C=CC(=O)N(C)[C@@H](C)C(=O)N[C@H]1CCC(c2cc(Nc3ncc(-c4ccncc4)s3)nc(C)n2)C1.CC(C)(C)OC(=O)C[C@H]1CCNC1.C[C@@H](C(=O)O)N(C)C(=O)OC(C)(C)C.Cc1nc(Cl)cc(Nc2ncc(-c3ccncc3)s2)n1.Cc1nc(Nc2ncc(-c3ccncc3)s2)cc(N2CC[C@H](N)C2)n1.Cc1nc(Nc2ncc(-c3ccncc3)s2)cc(N2CC[C@H](NC(=O)OC(C)(C)C)C2)n1. The average Bonchev–Trinajstić information content (AvgIpc) is 1.66. The lowest BCUT2D eigenvalue weighted by molar-refractivity contribution is -0.155. The number of halogens is 1. The number of hydrogen-bond donors (Lipinski definition) is 9. The Labute approximate surface area is 830 Å². The van der Waals surface area contributed by atoms with Crippen molar-refractivity contribution in [2.45, 2.75) is 202 Å². The van der Waals surface area contributed by atoms with E-state index < -0.39 is 35.3 Å². The second-order valence-corrected chi connectivity index (χ2v) is 40.6. The Hall–Kier alpha value is -13.4. The zero-order chi connectivity index (χ0) is 100. The number of nitrogens with one attached hydrogen (secondary N) is 7. The van der Waals surface area contributed by atoms with Crippen molar-refractivity contribution in [2.24, 2.45) is 11.7 Å². The minimum Gasteiger partial charge on any atom is -0.480 e. The van der Waals surface area contributed by atoms with Crippen LogP contribution in [0.5, 0.6) is 0 Å². The summed E-state index contributed by atoms with van der Waals surface area (Å²) in [6.45, 7) is 35.7. The third kappa shape index (κ3) is 34.3. The molecule has 0 spiro atoms. The number of aliphatic carboxylic acids is 1. The molecule has 3 aliphatic heterocycles. The van der Waals surface area contributed by atoms with Crippen molar-refractivity contribution in [2.75, 3.05) is 84.4 Å². The Morgan fingerprint density at radius 2 is 0.942 bits per heavy atom. The quantitative estimate of drug-likeness (QED) is 0.0117. The van der Waals surface area contributed by atoms with Gasteiger partial charge in [-0.1, -0.05) is 63.5 Å². The van der Waals surface area contributed by atoms with Crippen LogP contribution in [0.4, 0.5) is 65.0 Å². The Balaban J connectivity index is 0.000000165. The fraction of sp³-hybridized carbons (Fsp3) is 0.417. The molecule has 4 fully saturated rings. The third-order valence-corrected chi connectivity index (χ3v) is 25.3. The van der Waals surface area contributed by atoms with E-state index in [2.05, 4.69) is 133 Å². The largest absolute Gasteiger partial charge is 0.480 e. The molecular formula is C96H121ClN28O10S4. The van der Waals surface area contributed by atoms with Crippen molar-refractivity contribution in [3.63, 3.8) is 0 Å². The zero-order valence-corrected chi connectivity index (χ0v) is 85.1. The van der Waals surface area contributed by atoms with Crippen LogP contribution in [0, 0.1) is 33.6 Å². The molecule has 15 heterocycles. The standard InChI is InChI=1S/C25H29N7O2S.C22H27N7O2S.C17H19N7S.C13H10ClN5S.C10H19NO2.C9H17NO4/c1-5-23(33)32(4)15(2)24(34)30-19-7-6-18(12-19)20-13-22(29-16(3)28-20)31-25-27-14-21(35-25)17-8-10-26-11-9-17;1-14-25-18(28-20-24-12-17(32-20)15-5-8-23-9-6-15)11-19(26-14)29-10-7-16(13-29)27-21(30)31-22(2,3)4;1-11-21-15(8-16(22-11)24-7-4-13(18)10-24)23-17-20-9-14(25-17)12-2-5-19-6-3-12;1-8-17-11(14)6-12(18-8)19-13-16-7-10(20-13)9-2-4-15-5-3-9;1-10(2,3)13-9(12)6-8-4-5-11-7-8;1-6(7(11)12)10(5)8(13)14-9(2,3)4/h5,8-11,13-15,18-19H,1,6-7,12H2,2-4H3,(H,30,34)(H,27,28,29,31);5-6,8-9,11-12,16H,7,10,13H2,1-4H3,(H,27,30)(H,24,25,26,28);2-3,5-6,8-9,13H,4,7,10,18H2,1H3,(H,20,21,22,23);2-7H,1H3,(H,16,17,18,19);8,11H,4-7H2,1-3H3;6H,1-5H3,(H,11,12)/t15-,18?,19-;16-;13-;;8-;6-/m000.10/s1. The number of carboxylic acid groups (broad SMARTS) is 1. The number of rotatable bonds is 24. The van der Waals surface area contributed by atoms with Gasteiger partial charge in [-0.3, -0.25) is 39.2 Å². The van der Waals surface area contributed by atoms with Gasteiger partial charge in [-0.2, -0.15) is 0 Å². The van der Waals surface area contributed by atoms with Gasteiger partial charge in [0.1, 0.15) is 92.2 Å². The van der Waals surface area contributed by atoms with Crippen molar-refractivity contribution in [3.8, 4) is 41.8 Å². The van der Waals surface area contributed by atoms with Gasteiger partial charge in [-0.05, 0) is 238 Å². The van der Waals surface area contributed by atoms with E-state index in [-0.39, 0.29) is 53.5 Å². The molecule has 4 amide bonds. The maximum absolute atomic E-state index is 12.6. The smallest absolute Gasteiger partial charge is 0.410 e. The van der Waals surface area contributed by atoms with E-state index in [1.54, 1.807) is 131 Å². The van der Waals surface area contributed by atoms with Crippen molar-refractivity contribution in [1.82, 2.24) is 105 Å². The average molecular weight is 1990 g/mol. The normalized spacial score (nSPS) is 16.3. The number of hydrogen-bond acceptors (Lipinski definition) is 37. The monoisotopic (exact) mass is 1990 g/mol. The fourth-order valence-electron chi connectivity index (χ4n) is 14.3. The van der Waals surface area contributed by atoms with Crippen LogP contribution in [0.3, 0.4) is 0 Å². The molecule has 736 valence electrons. The molecule has 3 saturated heterocycles. The number of anilines is 10. The van der Waals surface area contributed by atoms with Gasteiger partial charge in [0.2, 0.25) is 11.8 Å². The predicted octanol–water partition coefficient (Wildman–Crippen LogP) is 16.9. The second-order valence-electron chi connectivity index (χ2n) is 36.1. The molecule has 38 nitrogen and oxygen atoms in total. The van der Waals surface area contributed by atoms with E-state index >= 15 is 0 Å². The van der Waals surface area contributed by atoms with E-state index in [9.17, 15) is 28.8 Å². The van der Waals surface area contributed by atoms with Crippen molar-refractivity contribution in [1.29, 1.82) is 0 Å². The van der Waals surface area contributed by atoms with Crippen LogP contribution in [0.2, 0.25) is 5.15 Å². The highest BCUT2D eigenvalue weighted by atomic mass is 35.5. The first kappa shape index (κ1) is 106. The summed E-state index contributed by atoms with van der Waals surface area (Å²) in [5.41, 5.74) is 9.83. The number of alkyl carbamates (subject to hydrolysis) is 1. The summed E-state index contributed by atoms with van der Waals surface area (Å²) in [7, 11) is 3.00. The molecular weight excluding hydrogens is 1870 g/mol. The number of aryl methyl sites for hydroxylation is 4. The molecule has 4 aliphatic rings. The Morgan fingerprint density at radius 1 is 0.525 bits per heavy atom. The molecule has 0 aromatic carbocycles. The zero-order valence-electron chi connectivity index (χ0n) is 81.0. The minimum atomic E-state index is -1.06. The number of ether oxygens (including phenoxy) is 3. The molecule has 1 aliphatic carbocycles. The van der Waals surface area contributed by atoms with Gasteiger partial charge in [-0.25, -0.2) is 74.2 Å². The summed E-state index contributed by atoms with van der Waals surface area (Å²) in [6.07, 6.45) is 27.7. The van der Waals surface area contributed by atoms with Gasteiger partial charge in [0, 0.05) is 169 Å². The van der Waals surface area contributed by atoms with Crippen LogP contribution in [-0.4, -0.2) is 231 Å². The number of nitrogens with zero attached hydrogens (tertiary/aromatic N) is 20. The van der Waals surface area contributed by atoms with Gasteiger partial charge in [0.15, 0.2) is 20.5 Å². The van der Waals surface area contributed by atoms with Crippen LogP contribution in [-0.2, 0) is 33.4 Å². The summed E-state index contributed by atoms with van der Waals surface area (Å²) in [5, 5.41) is 34.4. The number of carbonyl (C=O) groups excluding carboxylic acids is 5.